The van der Waals surface area contributed by atoms with Crippen LogP contribution in [0.1, 0.15) is 17.5 Å². The Morgan fingerprint density at radius 2 is 1.74 bits per heavy atom. The predicted molar refractivity (Wildman–Crippen MR) is 88.7 cm³/mol. The van der Waals surface area contributed by atoms with Crippen molar-refractivity contribution in [3.63, 3.8) is 0 Å². The van der Waals surface area contributed by atoms with E-state index in [4.69, 9.17) is 9.47 Å². The summed E-state index contributed by atoms with van der Waals surface area (Å²) in [5.74, 6) is 1.58. The van der Waals surface area contributed by atoms with E-state index >= 15 is 0 Å². The Bertz CT molecular complexity index is 670. The maximum atomic E-state index is 12.4. The first kappa shape index (κ1) is 15.4. The Labute approximate surface area is 136 Å². The van der Waals surface area contributed by atoms with E-state index in [0.717, 1.165) is 29.0 Å². The second-order valence-corrected chi connectivity index (χ2v) is 5.74. The summed E-state index contributed by atoms with van der Waals surface area (Å²) >= 11 is 0. The van der Waals surface area contributed by atoms with Crippen molar-refractivity contribution in [2.45, 2.75) is 19.4 Å². The number of hydrogen-bond acceptors (Lipinski definition) is 3. The average Bonchev–Trinajstić information content (AvgIpc) is 2.80. The number of amides is 1. The van der Waals surface area contributed by atoms with Gasteiger partial charge in [-0.1, -0.05) is 36.4 Å². The average molecular weight is 311 g/mol. The van der Waals surface area contributed by atoms with Crippen LogP contribution < -0.4 is 9.47 Å². The molecule has 0 aromatic heterocycles. The minimum Gasteiger partial charge on any atom is -0.490 e. The molecule has 0 atom stereocenters. The summed E-state index contributed by atoms with van der Waals surface area (Å²) in [5, 5.41) is 0. The van der Waals surface area contributed by atoms with Gasteiger partial charge in [-0.25, -0.2) is 0 Å². The lowest BCUT2D eigenvalue weighted by atomic mass is 10.1. The molecule has 0 bridgehead atoms. The van der Waals surface area contributed by atoms with E-state index in [1.165, 1.54) is 0 Å². The largest absolute Gasteiger partial charge is 0.490 e. The molecule has 2 aromatic rings. The third kappa shape index (κ3) is 4.03. The number of carbonyl (C=O) groups excluding carboxylic acids is 1. The molecule has 2 aromatic carbocycles. The van der Waals surface area contributed by atoms with Gasteiger partial charge in [0.1, 0.15) is 0 Å². The van der Waals surface area contributed by atoms with E-state index in [0.29, 0.717) is 26.2 Å². The number of benzene rings is 2. The number of rotatable bonds is 4. The zero-order chi connectivity index (χ0) is 16.1. The summed E-state index contributed by atoms with van der Waals surface area (Å²) in [5.41, 5.74) is 2.07. The maximum Gasteiger partial charge on any atom is 0.227 e. The molecule has 1 amide bonds. The van der Waals surface area contributed by atoms with Gasteiger partial charge in [-0.05, 0) is 23.3 Å². The number of fused-ring (bicyclic) bond motifs is 1. The molecule has 1 aliphatic heterocycles. The molecule has 1 aliphatic rings. The smallest absolute Gasteiger partial charge is 0.227 e. The van der Waals surface area contributed by atoms with Gasteiger partial charge in [0.05, 0.1) is 19.6 Å². The molecular weight excluding hydrogens is 290 g/mol. The highest BCUT2D eigenvalue weighted by molar-refractivity contribution is 5.78. The second kappa shape index (κ2) is 7.18. The van der Waals surface area contributed by atoms with Crippen molar-refractivity contribution in [2.75, 3.05) is 20.3 Å². The van der Waals surface area contributed by atoms with Crippen LogP contribution in [-0.4, -0.2) is 31.1 Å². The van der Waals surface area contributed by atoms with E-state index < -0.39 is 0 Å². The van der Waals surface area contributed by atoms with Crippen LogP contribution in [0.2, 0.25) is 0 Å². The summed E-state index contributed by atoms with van der Waals surface area (Å²) in [6.07, 6.45) is 1.24. The molecule has 3 rings (SSSR count). The van der Waals surface area contributed by atoms with E-state index in [9.17, 15) is 4.79 Å². The minimum atomic E-state index is 0.0864. The molecule has 0 saturated heterocycles. The Hall–Kier alpha value is -2.49. The van der Waals surface area contributed by atoms with Gasteiger partial charge < -0.3 is 14.4 Å². The monoisotopic (exact) mass is 311 g/mol. The summed E-state index contributed by atoms with van der Waals surface area (Å²) in [7, 11) is 1.83. The third-order valence-electron chi connectivity index (χ3n) is 3.86. The number of nitrogens with zero attached hydrogens (tertiary/aromatic N) is 1. The first-order chi connectivity index (χ1) is 11.2. The number of hydrogen-bond donors (Lipinski definition) is 0. The topological polar surface area (TPSA) is 38.8 Å². The lowest BCUT2D eigenvalue weighted by molar-refractivity contribution is -0.129. The van der Waals surface area contributed by atoms with Crippen LogP contribution in [0.25, 0.3) is 0 Å². The zero-order valence-corrected chi connectivity index (χ0v) is 13.3. The van der Waals surface area contributed by atoms with Crippen LogP contribution in [0.5, 0.6) is 11.5 Å². The molecule has 0 fully saturated rings. The molecule has 23 heavy (non-hydrogen) atoms. The molecule has 0 aliphatic carbocycles. The van der Waals surface area contributed by atoms with Gasteiger partial charge in [-0.2, -0.15) is 0 Å². The molecule has 0 N–H and O–H groups in total. The zero-order valence-electron chi connectivity index (χ0n) is 13.3. The fourth-order valence-electron chi connectivity index (χ4n) is 2.57. The lowest BCUT2D eigenvalue weighted by Crippen LogP contribution is -2.27. The van der Waals surface area contributed by atoms with E-state index in [1.807, 2.05) is 55.6 Å². The molecule has 120 valence electrons. The van der Waals surface area contributed by atoms with Crippen LogP contribution >= 0.6 is 0 Å². The van der Waals surface area contributed by atoms with Gasteiger partial charge in [0.25, 0.3) is 0 Å². The van der Waals surface area contributed by atoms with Gasteiger partial charge >= 0.3 is 0 Å². The molecule has 1 heterocycles. The summed E-state index contributed by atoms with van der Waals surface area (Å²) in [6.45, 7) is 1.94. The van der Waals surface area contributed by atoms with Gasteiger partial charge in [-0.3, -0.25) is 4.79 Å². The fraction of sp³-hybridized carbons (Fsp3) is 0.316. The lowest BCUT2D eigenvalue weighted by Gasteiger charge is -2.18. The maximum absolute atomic E-state index is 12.4. The van der Waals surface area contributed by atoms with Gasteiger partial charge in [-0.15, -0.1) is 0 Å². The molecule has 0 spiro atoms. The predicted octanol–water partition coefficient (Wildman–Crippen LogP) is 3.05. The van der Waals surface area contributed by atoms with Crippen LogP contribution in [0, 0.1) is 0 Å². The molecule has 0 saturated carbocycles. The van der Waals surface area contributed by atoms with E-state index in [2.05, 4.69) is 0 Å². The second-order valence-electron chi connectivity index (χ2n) is 5.74. The van der Waals surface area contributed by atoms with Crippen molar-refractivity contribution in [3.8, 4) is 11.5 Å². The highest BCUT2D eigenvalue weighted by atomic mass is 16.5. The minimum absolute atomic E-state index is 0.0864. The molecule has 4 heteroatoms. The van der Waals surface area contributed by atoms with Crippen LogP contribution in [0.3, 0.4) is 0 Å². The number of ether oxygens (including phenoxy) is 2. The quantitative estimate of drug-likeness (QED) is 0.871. The Morgan fingerprint density at radius 1 is 1.00 bits per heavy atom. The third-order valence-corrected chi connectivity index (χ3v) is 3.86. The molecule has 4 nitrogen and oxygen atoms in total. The standard InChI is InChI=1S/C19H21NO3/c1-20(14-15-6-3-2-4-7-15)19(21)13-16-8-9-17-18(12-16)23-11-5-10-22-17/h2-4,6-9,12H,5,10-11,13-14H2,1H3. The number of carbonyl (C=O) groups is 1. The van der Waals surface area contributed by atoms with E-state index in [-0.39, 0.29) is 5.91 Å². The fourth-order valence-corrected chi connectivity index (χ4v) is 2.57. The number of likely N-dealkylation sites (N-methyl/N-ethyl adjacent to an activating group) is 1. The van der Waals surface area contributed by atoms with Crippen LogP contribution in [-0.2, 0) is 17.8 Å². The van der Waals surface area contributed by atoms with Crippen molar-refractivity contribution in [3.05, 3.63) is 59.7 Å². The van der Waals surface area contributed by atoms with Crippen molar-refractivity contribution in [1.29, 1.82) is 0 Å². The first-order valence-corrected chi connectivity index (χ1v) is 7.89. The van der Waals surface area contributed by atoms with Crippen molar-refractivity contribution in [1.82, 2.24) is 4.90 Å². The first-order valence-electron chi connectivity index (χ1n) is 7.89. The summed E-state index contributed by atoms with van der Waals surface area (Å²) in [4.78, 5) is 14.2. The molecule has 0 unspecified atom stereocenters. The normalized spacial score (nSPS) is 13.3. The van der Waals surface area contributed by atoms with Gasteiger partial charge in [0.2, 0.25) is 5.91 Å². The summed E-state index contributed by atoms with van der Waals surface area (Å²) < 4.78 is 11.3. The van der Waals surface area contributed by atoms with E-state index in [1.54, 1.807) is 4.90 Å². The van der Waals surface area contributed by atoms with Crippen molar-refractivity contribution in [2.24, 2.45) is 0 Å². The highest BCUT2D eigenvalue weighted by Crippen LogP contribution is 2.30. The molecular formula is C19H21NO3. The molecule has 0 radical (unpaired) electrons. The van der Waals surface area contributed by atoms with Crippen molar-refractivity contribution < 1.29 is 14.3 Å². The van der Waals surface area contributed by atoms with Crippen molar-refractivity contribution >= 4 is 5.91 Å². The van der Waals surface area contributed by atoms with Crippen LogP contribution in [0.4, 0.5) is 0 Å². The van der Waals surface area contributed by atoms with Gasteiger partial charge in [0, 0.05) is 20.0 Å². The Balaban J connectivity index is 1.64. The SMILES string of the molecule is CN(Cc1ccccc1)C(=O)Cc1ccc2c(c1)OCCCO2. The Morgan fingerprint density at radius 3 is 2.52 bits per heavy atom. The highest BCUT2D eigenvalue weighted by Gasteiger charge is 2.14. The van der Waals surface area contributed by atoms with Crippen LogP contribution in [0.15, 0.2) is 48.5 Å². The van der Waals surface area contributed by atoms with Gasteiger partial charge in [0.15, 0.2) is 11.5 Å². The summed E-state index contributed by atoms with van der Waals surface area (Å²) in [6, 6.07) is 15.7. The Kier molecular flexibility index (Phi) is 4.81.